The minimum absolute atomic E-state index is 0.127. The molecule has 0 bridgehead atoms. The summed E-state index contributed by atoms with van der Waals surface area (Å²) in [7, 11) is 0. The van der Waals surface area contributed by atoms with E-state index in [4.69, 9.17) is 4.74 Å². The standard InChI is InChI=1S/C14H12N2O6/c1-2-22-14(19)11-9-10(11)13(18)15(12(9)17)7-3-5-8(6-4-7)16(20)21/h3-6,9-11H,2H2,1H3/t9-,10+,11?. The van der Waals surface area contributed by atoms with Gasteiger partial charge in [0.15, 0.2) is 0 Å². The summed E-state index contributed by atoms with van der Waals surface area (Å²) in [4.78, 5) is 47.2. The van der Waals surface area contributed by atoms with Crippen molar-refractivity contribution in [1.29, 1.82) is 0 Å². The number of anilines is 1. The zero-order chi connectivity index (χ0) is 16.0. The van der Waals surface area contributed by atoms with Gasteiger partial charge in [0.25, 0.3) is 5.69 Å². The molecule has 22 heavy (non-hydrogen) atoms. The van der Waals surface area contributed by atoms with Crippen molar-refractivity contribution in [3.63, 3.8) is 0 Å². The van der Waals surface area contributed by atoms with Crippen LogP contribution in [0.25, 0.3) is 0 Å². The van der Waals surface area contributed by atoms with Gasteiger partial charge in [-0.1, -0.05) is 0 Å². The van der Waals surface area contributed by atoms with Gasteiger partial charge in [-0.15, -0.1) is 0 Å². The van der Waals surface area contributed by atoms with Crippen molar-refractivity contribution in [2.45, 2.75) is 6.92 Å². The number of hydrogen-bond donors (Lipinski definition) is 0. The number of piperidine rings is 1. The second kappa shape index (κ2) is 4.90. The molecule has 8 heteroatoms. The highest BCUT2D eigenvalue weighted by atomic mass is 16.6. The Hall–Kier alpha value is -2.77. The number of nitro benzene ring substituents is 1. The van der Waals surface area contributed by atoms with Gasteiger partial charge in [0.1, 0.15) is 0 Å². The highest BCUT2D eigenvalue weighted by Gasteiger charge is 2.71. The first-order chi connectivity index (χ1) is 10.5. The van der Waals surface area contributed by atoms with Crippen molar-refractivity contribution in [2.24, 2.45) is 17.8 Å². The molecule has 2 amide bonds. The van der Waals surface area contributed by atoms with Gasteiger partial charge in [0.2, 0.25) is 11.8 Å². The van der Waals surface area contributed by atoms with E-state index in [1.807, 2.05) is 0 Å². The molecule has 0 aromatic heterocycles. The molecule has 1 unspecified atom stereocenters. The molecule has 1 aliphatic heterocycles. The van der Waals surface area contributed by atoms with E-state index in [2.05, 4.69) is 0 Å². The van der Waals surface area contributed by atoms with Gasteiger partial charge >= 0.3 is 5.97 Å². The lowest BCUT2D eigenvalue weighted by atomic mass is 10.2. The number of rotatable bonds is 4. The van der Waals surface area contributed by atoms with E-state index in [1.54, 1.807) is 6.92 Å². The average molecular weight is 304 g/mol. The van der Waals surface area contributed by atoms with E-state index in [0.29, 0.717) is 0 Å². The SMILES string of the molecule is CCOC(=O)C1[C@H]2C(=O)N(c3ccc([N+](=O)[O-])cc3)C(=O)[C@@H]12. The van der Waals surface area contributed by atoms with Crippen LogP contribution in [-0.4, -0.2) is 29.3 Å². The van der Waals surface area contributed by atoms with E-state index < -0.39 is 40.5 Å². The van der Waals surface area contributed by atoms with Crippen molar-refractivity contribution in [1.82, 2.24) is 0 Å². The third-order valence-corrected chi connectivity index (χ3v) is 3.91. The van der Waals surface area contributed by atoms with E-state index in [9.17, 15) is 24.5 Å². The molecule has 114 valence electrons. The van der Waals surface area contributed by atoms with Gasteiger partial charge in [-0.25, -0.2) is 0 Å². The summed E-state index contributed by atoms with van der Waals surface area (Å²) >= 11 is 0. The Morgan fingerprint density at radius 1 is 1.23 bits per heavy atom. The fourth-order valence-electron chi connectivity index (χ4n) is 2.84. The predicted molar refractivity (Wildman–Crippen MR) is 72.7 cm³/mol. The van der Waals surface area contributed by atoms with E-state index in [0.717, 1.165) is 4.90 Å². The molecule has 8 nitrogen and oxygen atoms in total. The second-order valence-electron chi connectivity index (χ2n) is 5.11. The van der Waals surface area contributed by atoms with E-state index >= 15 is 0 Å². The van der Waals surface area contributed by atoms with Crippen LogP contribution in [0.3, 0.4) is 0 Å². The predicted octanol–water partition coefficient (Wildman–Crippen LogP) is 0.893. The zero-order valence-corrected chi connectivity index (χ0v) is 11.6. The highest BCUT2D eigenvalue weighted by Crippen LogP contribution is 2.54. The molecular weight excluding hydrogens is 292 g/mol. The number of benzene rings is 1. The third kappa shape index (κ3) is 1.95. The Balaban J connectivity index is 1.79. The van der Waals surface area contributed by atoms with Gasteiger partial charge in [0.05, 0.1) is 35.0 Å². The maximum atomic E-state index is 12.3. The van der Waals surface area contributed by atoms with Crippen molar-refractivity contribution < 1.29 is 24.0 Å². The van der Waals surface area contributed by atoms with Crippen LogP contribution in [0, 0.1) is 27.9 Å². The number of nitro groups is 1. The van der Waals surface area contributed by atoms with Crippen LogP contribution in [-0.2, 0) is 19.1 Å². The Bertz CT molecular complexity index is 661. The molecule has 1 aromatic carbocycles. The number of non-ortho nitro benzene ring substituents is 1. The van der Waals surface area contributed by atoms with Crippen LogP contribution in [0.1, 0.15) is 6.92 Å². The lowest BCUT2D eigenvalue weighted by molar-refractivity contribution is -0.384. The zero-order valence-electron chi connectivity index (χ0n) is 11.6. The quantitative estimate of drug-likeness (QED) is 0.354. The maximum Gasteiger partial charge on any atom is 0.310 e. The Labute approximate surface area is 124 Å². The minimum Gasteiger partial charge on any atom is -0.466 e. The number of imide groups is 1. The van der Waals surface area contributed by atoms with E-state index in [-0.39, 0.29) is 18.0 Å². The topological polar surface area (TPSA) is 107 Å². The van der Waals surface area contributed by atoms with Crippen molar-refractivity contribution in [3.05, 3.63) is 34.4 Å². The highest BCUT2D eigenvalue weighted by molar-refractivity contribution is 6.27. The van der Waals surface area contributed by atoms with Gasteiger partial charge in [-0.3, -0.25) is 29.4 Å². The molecule has 3 rings (SSSR count). The van der Waals surface area contributed by atoms with Crippen molar-refractivity contribution in [2.75, 3.05) is 11.5 Å². The Morgan fingerprint density at radius 3 is 2.23 bits per heavy atom. The summed E-state index contributed by atoms with van der Waals surface area (Å²) in [6, 6.07) is 5.14. The number of carbonyl (C=O) groups is 3. The molecular formula is C14H12N2O6. The molecule has 1 heterocycles. The fourth-order valence-corrected chi connectivity index (χ4v) is 2.84. The maximum absolute atomic E-state index is 12.3. The lowest BCUT2D eigenvalue weighted by Crippen LogP contribution is -2.36. The van der Waals surface area contributed by atoms with Gasteiger partial charge in [-0.05, 0) is 19.1 Å². The molecule has 2 fully saturated rings. The Morgan fingerprint density at radius 2 is 1.77 bits per heavy atom. The molecule has 0 spiro atoms. The molecule has 1 aromatic rings. The van der Waals surface area contributed by atoms with Crippen LogP contribution in [0.2, 0.25) is 0 Å². The van der Waals surface area contributed by atoms with Crippen LogP contribution in [0.15, 0.2) is 24.3 Å². The fraction of sp³-hybridized carbons (Fsp3) is 0.357. The van der Waals surface area contributed by atoms with Gasteiger partial charge < -0.3 is 4.74 Å². The third-order valence-electron chi connectivity index (χ3n) is 3.91. The van der Waals surface area contributed by atoms with Crippen molar-refractivity contribution >= 4 is 29.2 Å². The summed E-state index contributed by atoms with van der Waals surface area (Å²) in [5.74, 6) is -3.45. The average Bonchev–Trinajstić information content (AvgIpc) is 3.17. The number of fused-ring (bicyclic) bond motifs is 1. The molecule has 1 aliphatic carbocycles. The normalized spacial score (nSPS) is 25.9. The summed E-state index contributed by atoms with van der Waals surface area (Å²) in [5.41, 5.74) is 0.146. The minimum atomic E-state index is -0.686. The number of esters is 1. The summed E-state index contributed by atoms with van der Waals surface area (Å²) in [6.07, 6.45) is 0. The molecule has 1 saturated carbocycles. The number of hydrogen-bond acceptors (Lipinski definition) is 6. The van der Waals surface area contributed by atoms with Crippen LogP contribution in [0.4, 0.5) is 11.4 Å². The Kier molecular flexibility index (Phi) is 3.16. The van der Waals surface area contributed by atoms with E-state index in [1.165, 1.54) is 24.3 Å². The molecule has 1 saturated heterocycles. The number of amides is 2. The molecule has 2 aliphatic rings. The molecule has 0 radical (unpaired) electrons. The molecule has 0 N–H and O–H groups in total. The summed E-state index contributed by atoms with van der Waals surface area (Å²) in [5, 5.41) is 10.6. The lowest BCUT2D eigenvalue weighted by Gasteiger charge is -2.17. The van der Waals surface area contributed by atoms with Gasteiger partial charge in [0, 0.05) is 12.1 Å². The summed E-state index contributed by atoms with van der Waals surface area (Å²) in [6.45, 7) is 1.85. The first-order valence-electron chi connectivity index (χ1n) is 6.76. The van der Waals surface area contributed by atoms with Gasteiger partial charge in [-0.2, -0.15) is 0 Å². The van der Waals surface area contributed by atoms with Crippen LogP contribution < -0.4 is 4.90 Å². The van der Waals surface area contributed by atoms with Crippen LogP contribution >= 0.6 is 0 Å². The smallest absolute Gasteiger partial charge is 0.310 e. The first kappa shape index (κ1) is 14.2. The van der Waals surface area contributed by atoms with Crippen molar-refractivity contribution in [3.8, 4) is 0 Å². The first-order valence-corrected chi connectivity index (χ1v) is 6.76. The monoisotopic (exact) mass is 304 g/mol. The molecule has 3 atom stereocenters. The summed E-state index contributed by atoms with van der Waals surface area (Å²) < 4.78 is 4.85. The number of carbonyl (C=O) groups excluding carboxylic acids is 3. The largest absolute Gasteiger partial charge is 0.466 e. The second-order valence-corrected chi connectivity index (χ2v) is 5.11. The number of nitrogens with zero attached hydrogens (tertiary/aromatic N) is 2. The van der Waals surface area contributed by atoms with Crippen LogP contribution in [0.5, 0.6) is 0 Å². The number of ether oxygens (including phenoxy) is 1.